The highest BCUT2D eigenvalue weighted by molar-refractivity contribution is 6.04. The first-order valence-electron chi connectivity index (χ1n) is 18.1. The minimum Gasteiger partial charge on any atom is -0.508 e. The fourth-order valence-corrected chi connectivity index (χ4v) is 8.34. The van der Waals surface area contributed by atoms with Crippen molar-refractivity contribution in [2.45, 2.75) is 57.5 Å². The molecule has 4 fully saturated rings. The first-order chi connectivity index (χ1) is 26.0. The molecule has 5 heterocycles. The summed E-state index contributed by atoms with van der Waals surface area (Å²) in [6.45, 7) is 4.30. The standard InChI is InChI=1S/C39H38F4N6O5/c1-3-26-28(40)8-5-22-15-25(50)16-27(29(22)26)32-31(41)33-30(36(44-32)53-4-2)35(48-17-23-6-7-24(18-48)49(23)38(51)52)46-37(45-33)54-20-39(11-12-39)19-47-13-9-21(10-14-47)34(42)43/h1,5,8,15-16,23-24,50H,4,6-7,9-14,17-20H2,2H3,(H,51,52)/t23-,24+. The number of nitrogens with zero attached hydrogens (tertiary/aromatic N) is 6. The van der Waals surface area contributed by atoms with Gasteiger partial charge in [0.1, 0.15) is 34.0 Å². The summed E-state index contributed by atoms with van der Waals surface area (Å²) in [6.07, 6.45) is 6.76. The average Bonchev–Trinajstić information content (AvgIpc) is 3.86. The van der Waals surface area contributed by atoms with Gasteiger partial charge < -0.3 is 29.5 Å². The normalized spacial score (nSPS) is 20.7. The topological polar surface area (TPSA) is 124 Å². The van der Waals surface area contributed by atoms with Crippen molar-refractivity contribution in [1.82, 2.24) is 24.8 Å². The van der Waals surface area contributed by atoms with Crippen LogP contribution in [-0.2, 0) is 0 Å². The number of benzene rings is 2. The number of piperidine rings is 1. The number of likely N-dealkylation sites (tertiary alicyclic amines) is 1. The summed E-state index contributed by atoms with van der Waals surface area (Å²) in [4.78, 5) is 31.6. The second-order valence-electron chi connectivity index (χ2n) is 14.6. The third-order valence-corrected chi connectivity index (χ3v) is 11.2. The van der Waals surface area contributed by atoms with Gasteiger partial charge in [-0.3, -0.25) is 4.90 Å². The lowest BCUT2D eigenvalue weighted by atomic mass is 9.95. The number of fused-ring (bicyclic) bond motifs is 4. The summed E-state index contributed by atoms with van der Waals surface area (Å²) in [6, 6.07) is 4.50. The van der Waals surface area contributed by atoms with Crippen molar-refractivity contribution in [2.24, 2.45) is 5.41 Å². The van der Waals surface area contributed by atoms with Crippen LogP contribution in [0.1, 0.15) is 51.0 Å². The summed E-state index contributed by atoms with van der Waals surface area (Å²) in [7, 11) is 0. The van der Waals surface area contributed by atoms with E-state index < -0.39 is 23.8 Å². The molecule has 54 heavy (non-hydrogen) atoms. The smallest absolute Gasteiger partial charge is 0.407 e. The largest absolute Gasteiger partial charge is 0.508 e. The zero-order valence-corrected chi connectivity index (χ0v) is 29.5. The van der Waals surface area contributed by atoms with Crippen molar-refractivity contribution in [3.05, 3.63) is 53.1 Å². The van der Waals surface area contributed by atoms with Gasteiger partial charge in [-0.2, -0.15) is 18.7 Å². The lowest BCUT2D eigenvalue weighted by Gasteiger charge is -2.40. The van der Waals surface area contributed by atoms with E-state index in [2.05, 4.69) is 20.8 Å². The van der Waals surface area contributed by atoms with E-state index in [0.717, 1.165) is 12.8 Å². The third-order valence-electron chi connectivity index (χ3n) is 11.2. The van der Waals surface area contributed by atoms with E-state index in [1.807, 2.05) is 4.90 Å². The molecule has 4 aliphatic rings. The highest BCUT2D eigenvalue weighted by atomic mass is 19.3. The van der Waals surface area contributed by atoms with Gasteiger partial charge in [-0.15, -0.1) is 6.42 Å². The fraction of sp³-hybridized carbons (Fsp3) is 0.436. The van der Waals surface area contributed by atoms with Crippen LogP contribution in [0.15, 0.2) is 35.9 Å². The number of phenols is 1. The second kappa shape index (κ2) is 13.8. The SMILES string of the molecule is C#Cc1c(F)ccc2cc(O)cc(-c3nc(OCC)c4c(N5C[C@H]6CC[C@@H](C5)N6C(=O)O)nc(OCC5(CN6CCC(=C(F)F)CC6)CC5)nc4c3F)c12. The lowest BCUT2D eigenvalue weighted by molar-refractivity contribution is 0.114. The summed E-state index contributed by atoms with van der Waals surface area (Å²) < 4.78 is 70.9. The maximum atomic E-state index is 17.3. The predicted molar refractivity (Wildman–Crippen MR) is 192 cm³/mol. The van der Waals surface area contributed by atoms with E-state index in [1.165, 1.54) is 29.2 Å². The molecule has 0 radical (unpaired) electrons. The van der Waals surface area contributed by atoms with Gasteiger partial charge in [0, 0.05) is 49.1 Å². The third kappa shape index (κ3) is 6.36. The van der Waals surface area contributed by atoms with Crippen LogP contribution in [0, 0.1) is 29.4 Å². The van der Waals surface area contributed by atoms with Crippen molar-refractivity contribution in [3.63, 3.8) is 0 Å². The molecule has 2 N–H and O–H groups in total. The van der Waals surface area contributed by atoms with Crippen LogP contribution in [0.5, 0.6) is 17.6 Å². The molecule has 4 aromatic rings. The molecule has 1 saturated carbocycles. The van der Waals surface area contributed by atoms with Gasteiger partial charge in [-0.25, -0.2) is 18.6 Å². The molecule has 2 bridgehead atoms. The van der Waals surface area contributed by atoms with Crippen molar-refractivity contribution in [1.29, 1.82) is 0 Å². The molecule has 11 nitrogen and oxygen atoms in total. The van der Waals surface area contributed by atoms with E-state index in [9.17, 15) is 23.8 Å². The van der Waals surface area contributed by atoms with Crippen molar-refractivity contribution in [3.8, 4) is 41.2 Å². The van der Waals surface area contributed by atoms with Gasteiger partial charge in [0.15, 0.2) is 5.82 Å². The van der Waals surface area contributed by atoms with E-state index in [-0.39, 0.29) is 106 Å². The van der Waals surface area contributed by atoms with Gasteiger partial charge in [0.25, 0.3) is 6.08 Å². The minimum atomic E-state index is -1.60. The predicted octanol–water partition coefficient (Wildman–Crippen LogP) is 6.95. The number of hydrogen-bond donors (Lipinski definition) is 2. The zero-order chi connectivity index (χ0) is 37.9. The first kappa shape index (κ1) is 35.7. The highest BCUT2D eigenvalue weighted by Crippen LogP contribution is 2.48. The summed E-state index contributed by atoms with van der Waals surface area (Å²) >= 11 is 0. The van der Waals surface area contributed by atoms with Crippen LogP contribution < -0.4 is 14.4 Å². The maximum absolute atomic E-state index is 17.3. The number of piperazine rings is 1. The number of phenolic OH excluding ortho intramolecular Hbond substituents is 1. The van der Waals surface area contributed by atoms with Crippen LogP contribution in [0.2, 0.25) is 0 Å². The Morgan fingerprint density at radius 3 is 2.39 bits per heavy atom. The zero-order valence-electron chi connectivity index (χ0n) is 29.5. The average molecular weight is 747 g/mol. The van der Waals surface area contributed by atoms with Gasteiger partial charge in [0.2, 0.25) is 5.88 Å². The Hall–Kier alpha value is -5.36. The molecule has 3 saturated heterocycles. The number of carbonyl (C=O) groups is 1. The Morgan fingerprint density at radius 2 is 1.76 bits per heavy atom. The molecular weight excluding hydrogens is 708 g/mol. The number of hydrogen-bond acceptors (Lipinski definition) is 9. The molecule has 2 aromatic heterocycles. The Balaban J connectivity index is 1.24. The molecule has 1 amide bonds. The first-order valence-corrected chi connectivity index (χ1v) is 18.1. The van der Waals surface area contributed by atoms with Crippen LogP contribution in [0.25, 0.3) is 32.9 Å². The van der Waals surface area contributed by atoms with Crippen LogP contribution in [0.4, 0.5) is 28.2 Å². The van der Waals surface area contributed by atoms with Crippen LogP contribution in [-0.4, -0.2) is 99.1 Å². The Bertz CT molecular complexity index is 2230. The molecule has 2 aromatic carbocycles. The number of ether oxygens (including phenoxy) is 2. The number of aromatic nitrogens is 3. The van der Waals surface area contributed by atoms with Gasteiger partial charge in [-0.05, 0) is 74.6 Å². The highest BCUT2D eigenvalue weighted by Gasteiger charge is 2.46. The lowest BCUT2D eigenvalue weighted by Crippen LogP contribution is -2.55. The molecule has 1 aliphatic carbocycles. The molecule has 8 rings (SSSR count). The minimum absolute atomic E-state index is 0.0180. The molecule has 282 valence electrons. The second-order valence-corrected chi connectivity index (χ2v) is 14.6. The van der Waals surface area contributed by atoms with E-state index in [1.54, 1.807) is 6.92 Å². The van der Waals surface area contributed by atoms with Crippen molar-refractivity contribution in [2.75, 3.05) is 50.8 Å². The molecular formula is C39H38F4N6O5. The number of halogens is 4. The number of carboxylic acid groups (broad SMARTS) is 1. The van der Waals surface area contributed by atoms with Crippen molar-refractivity contribution >= 4 is 33.6 Å². The molecule has 3 aliphatic heterocycles. The maximum Gasteiger partial charge on any atom is 0.407 e. The number of amides is 1. The summed E-state index contributed by atoms with van der Waals surface area (Å²) in [5, 5.41) is 21.3. The van der Waals surface area contributed by atoms with E-state index >= 15 is 8.78 Å². The molecule has 2 atom stereocenters. The van der Waals surface area contributed by atoms with E-state index in [4.69, 9.17) is 20.9 Å². The number of aromatic hydroxyl groups is 1. The summed E-state index contributed by atoms with van der Waals surface area (Å²) in [5.74, 6) is 0.756. The van der Waals surface area contributed by atoms with Gasteiger partial charge in [0.05, 0.1) is 30.9 Å². The van der Waals surface area contributed by atoms with Crippen molar-refractivity contribution < 1.29 is 42.0 Å². The Labute approximate surface area is 308 Å². The molecule has 0 unspecified atom stereocenters. The Morgan fingerprint density at radius 1 is 1.04 bits per heavy atom. The molecule has 0 spiro atoms. The quantitative estimate of drug-likeness (QED) is 0.138. The monoisotopic (exact) mass is 746 g/mol. The van der Waals surface area contributed by atoms with Gasteiger partial charge in [-0.1, -0.05) is 12.0 Å². The van der Waals surface area contributed by atoms with Crippen LogP contribution >= 0.6 is 0 Å². The van der Waals surface area contributed by atoms with Crippen LogP contribution in [0.3, 0.4) is 0 Å². The molecule has 15 heteroatoms. The Kier molecular flexibility index (Phi) is 9.12. The number of rotatable bonds is 9. The number of pyridine rings is 1. The fourth-order valence-electron chi connectivity index (χ4n) is 8.34. The number of terminal acetylenes is 1. The summed E-state index contributed by atoms with van der Waals surface area (Å²) in [5.41, 5.74) is -0.649. The number of anilines is 1. The van der Waals surface area contributed by atoms with E-state index in [0.29, 0.717) is 50.7 Å². The van der Waals surface area contributed by atoms with Gasteiger partial charge >= 0.3 is 12.1 Å².